The Bertz CT molecular complexity index is 518. The van der Waals surface area contributed by atoms with Crippen LogP contribution in [0.1, 0.15) is 17.3 Å². The van der Waals surface area contributed by atoms with E-state index in [1.807, 2.05) is 23.8 Å². The van der Waals surface area contributed by atoms with Crippen LogP contribution in [0.3, 0.4) is 0 Å². The van der Waals surface area contributed by atoms with Crippen LogP contribution in [0.5, 0.6) is 11.5 Å². The number of ether oxygens (including phenoxy) is 1. The van der Waals surface area contributed by atoms with E-state index < -0.39 is 0 Å². The zero-order valence-electron chi connectivity index (χ0n) is 9.34. The third-order valence-electron chi connectivity index (χ3n) is 2.39. The van der Waals surface area contributed by atoms with Crippen molar-refractivity contribution in [2.75, 3.05) is 6.61 Å². The third kappa shape index (κ3) is 2.31. The van der Waals surface area contributed by atoms with Gasteiger partial charge in [-0.2, -0.15) is 11.3 Å². The molecule has 0 bridgehead atoms. The summed E-state index contributed by atoms with van der Waals surface area (Å²) in [6, 6.07) is 5.36. The molecular weight excluding hydrogens is 236 g/mol. The molecule has 0 aliphatic rings. The quantitative estimate of drug-likeness (QED) is 0.844. The van der Waals surface area contributed by atoms with Crippen molar-refractivity contribution in [2.24, 2.45) is 0 Å². The number of aromatic hydroxyl groups is 1. The highest BCUT2D eigenvalue weighted by molar-refractivity contribution is 7.08. The molecule has 0 aliphatic heterocycles. The summed E-state index contributed by atoms with van der Waals surface area (Å²) in [6.07, 6.45) is 0.633. The van der Waals surface area contributed by atoms with Crippen LogP contribution >= 0.6 is 11.3 Å². The van der Waals surface area contributed by atoms with E-state index >= 15 is 0 Å². The molecular formula is C13H12O3S. The molecule has 0 saturated heterocycles. The predicted octanol–water partition coefficient (Wildman–Crippen LogP) is 3.33. The molecule has 1 aromatic heterocycles. The summed E-state index contributed by atoms with van der Waals surface area (Å²) in [7, 11) is 0. The maximum atomic E-state index is 10.9. The minimum absolute atomic E-state index is 0.0965. The van der Waals surface area contributed by atoms with Crippen molar-refractivity contribution in [3.8, 4) is 22.6 Å². The first-order valence-electron chi connectivity index (χ1n) is 5.23. The summed E-state index contributed by atoms with van der Waals surface area (Å²) in [5.41, 5.74) is 2.13. The van der Waals surface area contributed by atoms with E-state index in [4.69, 9.17) is 4.74 Å². The van der Waals surface area contributed by atoms with Crippen molar-refractivity contribution in [3.05, 3.63) is 34.5 Å². The summed E-state index contributed by atoms with van der Waals surface area (Å²) in [5.74, 6) is 0.249. The third-order valence-corrected chi connectivity index (χ3v) is 3.07. The first kappa shape index (κ1) is 11.7. The lowest BCUT2D eigenvalue weighted by Gasteiger charge is -2.09. The zero-order chi connectivity index (χ0) is 12.3. The number of aldehydes is 1. The minimum Gasteiger partial charge on any atom is -0.504 e. The van der Waals surface area contributed by atoms with Crippen LogP contribution < -0.4 is 4.74 Å². The fourth-order valence-electron chi connectivity index (χ4n) is 1.58. The number of rotatable bonds is 4. The number of hydrogen-bond acceptors (Lipinski definition) is 4. The minimum atomic E-state index is -0.0965. The van der Waals surface area contributed by atoms with Crippen LogP contribution in [0.2, 0.25) is 0 Å². The Kier molecular flexibility index (Phi) is 3.44. The van der Waals surface area contributed by atoms with Gasteiger partial charge < -0.3 is 9.84 Å². The molecule has 2 rings (SSSR count). The summed E-state index contributed by atoms with van der Waals surface area (Å²) < 4.78 is 5.31. The first-order valence-corrected chi connectivity index (χ1v) is 6.18. The fourth-order valence-corrected chi connectivity index (χ4v) is 2.25. The lowest BCUT2D eigenvalue weighted by molar-refractivity contribution is 0.112. The topological polar surface area (TPSA) is 46.5 Å². The molecule has 1 aromatic carbocycles. The number of hydrogen-bond donors (Lipinski definition) is 1. The molecule has 4 heteroatoms. The van der Waals surface area contributed by atoms with Gasteiger partial charge in [-0.1, -0.05) is 0 Å². The molecule has 0 fully saturated rings. The second-order valence-corrected chi connectivity index (χ2v) is 4.26. The molecule has 1 heterocycles. The van der Waals surface area contributed by atoms with Crippen molar-refractivity contribution >= 4 is 17.6 Å². The highest BCUT2D eigenvalue weighted by Gasteiger charge is 2.11. The largest absolute Gasteiger partial charge is 0.504 e. The van der Waals surface area contributed by atoms with Gasteiger partial charge >= 0.3 is 0 Å². The monoisotopic (exact) mass is 248 g/mol. The van der Waals surface area contributed by atoms with Crippen molar-refractivity contribution in [2.45, 2.75) is 6.92 Å². The molecule has 1 N–H and O–H groups in total. The number of phenols is 1. The number of benzene rings is 1. The Morgan fingerprint density at radius 2 is 2.24 bits per heavy atom. The average molecular weight is 248 g/mol. The van der Waals surface area contributed by atoms with Crippen LogP contribution in [0, 0.1) is 0 Å². The van der Waals surface area contributed by atoms with Gasteiger partial charge in [0, 0.05) is 0 Å². The Labute approximate surface area is 103 Å². The highest BCUT2D eigenvalue weighted by Crippen LogP contribution is 2.35. The number of phenolic OH excluding ortho intramolecular Hbond substituents is 1. The molecule has 17 heavy (non-hydrogen) atoms. The van der Waals surface area contributed by atoms with Crippen molar-refractivity contribution < 1.29 is 14.6 Å². The summed E-state index contributed by atoms with van der Waals surface area (Å²) >= 11 is 1.58. The molecule has 0 radical (unpaired) electrons. The van der Waals surface area contributed by atoms with Crippen LogP contribution in [0.15, 0.2) is 29.0 Å². The molecule has 0 atom stereocenters. The maximum Gasteiger partial charge on any atom is 0.168 e. The molecule has 2 aromatic rings. The first-order chi connectivity index (χ1) is 8.26. The number of thiophene rings is 1. The highest BCUT2D eigenvalue weighted by atomic mass is 32.1. The van der Waals surface area contributed by atoms with E-state index in [-0.39, 0.29) is 11.3 Å². The van der Waals surface area contributed by atoms with Gasteiger partial charge in [0.15, 0.2) is 17.8 Å². The van der Waals surface area contributed by atoms with Gasteiger partial charge in [0.25, 0.3) is 0 Å². The lowest BCUT2D eigenvalue weighted by Crippen LogP contribution is -1.95. The van der Waals surface area contributed by atoms with Crippen LogP contribution in [-0.2, 0) is 0 Å². The molecule has 0 spiro atoms. The summed E-state index contributed by atoms with van der Waals surface area (Å²) in [6.45, 7) is 2.27. The summed E-state index contributed by atoms with van der Waals surface area (Å²) in [4.78, 5) is 10.9. The smallest absolute Gasteiger partial charge is 0.168 e. The second-order valence-electron chi connectivity index (χ2n) is 3.48. The van der Waals surface area contributed by atoms with Crippen LogP contribution in [0.25, 0.3) is 11.1 Å². The SMILES string of the molecule is CCOc1cc(-c2ccsc2)cc(C=O)c1O. The van der Waals surface area contributed by atoms with Gasteiger partial charge in [-0.25, -0.2) is 0 Å². The Morgan fingerprint density at radius 1 is 1.41 bits per heavy atom. The number of carbonyl (C=O) groups excluding carboxylic acids is 1. The van der Waals surface area contributed by atoms with E-state index in [9.17, 15) is 9.90 Å². The van der Waals surface area contributed by atoms with Gasteiger partial charge in [-0.3, -0.25) is 4.79 Å². The van der Waals surface area contributed by atoms with Gasteiger partial charge in [-0.15, -0.1) is 0 Å². The van der Waals surface area contributed by atoms with Gasteiger partial charge in [-0.05, 0) is 47.0 Å². The molecule has 0 unspecified atom stereocenters. The van der Waals surface area contributed by atoms with E-state index in [0.29, 0.717) is 18.6 Å². The lowest BCUT2D eigenvalue weighted by atomic mass is 10.0. The Morgan fingerprint density at radius 3 is 2.82 bits per heavy atom. The second kappa shape index (κ2) is 5.01. The molecule has 0 amide bonds. The zero-order valence-corrected chi connectivity index (χ0v) is 10.2. The normalized spacial score (nSPS) is 10.2. The molecule has 0 saturated carbocycles. The van der Waals surface area contributed by atoms with Crippen LogP contribution in [0.4, 0.5) is 0 Å². The number of carbonyl (C=O) groups is 1. The standard InChI is InChI=1S/C13H12O3S/c1-2-16-12-6-10(9-3-4-17-8-9)5-11(7-14)13(12)15/h3-8,15H,2H2,1H3. The van der Waals surface area contributed by atoms with E-state index in [0.717, 1.165) is 11.1 Å². The van der Waals surface area contributed by atoms with Gasteiger partial charge in [0.1, 0.15) is 0 Å². The van der Waals surface area contributed by atoms with E-state index in [1.165, 1.54) is 0 Å². The molecule has 0 aliphatic carbocycles. The van der Waals surface area contributed by atoms with E-state index in [2.05, 4.69) is 0 Å². The summed E-state index contributed by atoms with van der Waals surface area (Å²) in [5, 5.41) is 13.7. The van der Waals surface area contributed by atoms with Crippen molar-refractivity contribution in [1.29, 1.82) is 0 Å². The Balaban J connectivity index is 2.54. The van der Waals surface area contributed by atoms with Crippen molar-refractivity contribution in [1.82, 2.24) is 0 Å². The van der Waals surface area contributed by atoms with Gasteiger partial charge in [0.2, 0.25) is 0 Å². The average Bonchev–Trinajstić information content (AvgIpc) is 2.85. The Hall–Kier alpha value is -1.81. The fraction of sp³-hybridized carbons (Fsp3) is 0.154. The predicted molar refractivity (Wildman–Crippen MR) is 68.0 cm³/mol. The molecule has 3 nitrogen and oxygen atoms in total. The molecule has 88 valence electrons. The maximum absolute atomic E-state index is 10.9. The van der Waals surface area contributed by atoms with E-state index in [1.54, 1.807) is 23.5 Å². The van der Waals surface area contributed by atoms with Crippen LogP contribution in [-0.4, -0.2) is 18.0 Å². The van der Waals surface area contributed by atoms with Gasteiger partial charge in [0.05, 0.1) is 12.2 Å². The van der Waals surface area contributed by atoms with Crippen molar-refractivity contribution in [3.63, 3.8) is 0 Å².